The third-order valence-electron chi connectivity index (χ3n) is 3.02. The van der Waals surface area contributed by atoms with Crippen LogP contribution >= 0.6 is 0 Å². The molecule has 7 N–H and O–H groups in total. The molecule has 0 unspecified atom stereocenters. The number of carbonyl (C=O) groups is 1. The molecule has 0 bridgehead atoms. The van der Waals surface area contributed by atoms with Gasteiger partial charge >= 0.3 is 15.4 Å². The molecule has 22 heavy (non-hydrogen) atoms. The maximum absolute atomic E-state index is 9.76. The quantitative estimate of drug-likeness (QED) is 0.201. The SMILES string of the molecule is NCc1ccccc1N1CCNCC1.NNC(=O)S(=O)(=O)O. The van der Waals surface area contributed by atoms with Crippen molar-refractivity contribution in [2.75, 3.05) is 31.1 Å². The molecule has 0 aliphatic carbocycles. The summed E-state index contributed by atoms with van der Waals surface area (Å²) >= 11 is 0. The zero-order valence-electron chi connectivity index (χ0n) is 12.0. The first-order valence-corrected chi connectivity index (χ1v) is 8.06. The lowest BCUT2D eigenvalue weighted by Crippen LogP contribution is -2.43. The summed E-state index contributed by atoms with van der Waals surface area (Å²) in [6, 6.07) is 8.40. The minimum atomic E-state index is -4.63. The van der Waals surface area contributed by atoms with E-state index in [2.05, 4.69) is 34.3 Å². The van der Waals surface area contributed by atoms with Gasteiger partial charge in [0.1, 0.15) is 0 Å². The Kier molecular flexibility index (Phi) is 7.21. The maximum Gasteiger partial charge on any atom is 0.377 e. The van der Waals surface area contributed by atoms with Crippen LogP contribution in [-0.2, 0) is 16.7 Å². The Morgan fingerprint density at radius 1 is 1.32 bits per heavy atom. The zero-order chi connectivity index (χ0) is 16.6. The third kappa shape index (κ3) is 5.58. The van der Waals surface area contributed by atoms with Gasteiger partial charge in [-0.05, 0) is 11.6 Å². The molecule has 0 aromatic heterocycles. The summed E-state index contributed by atoms with van der Waals surface area (Å²) in [6.45, 7) is 4.92. The fraction of sp³-hybridized carbons (Fsp3) is 0.417. The average molecular weight is 331 g/mol. The number of nitrogens with zero attached hydrogens (tertiary/aromatic N) is 1. The normalized spacial score (nSPS) is 14.8. The number of carbonyl (C=O) groups excluding carboxylic acids is 1. The molecule has 1 heterocycles. The summed E-state index contributed by atoms with van der Waals surface area (Å²) in [5, 5.41) is 1.74. The van der Waals surface area contributed by atoms with Gasteiger partial charge in [0, 0.05) is 38.4 Å². The summed E-state index contributed by atoms with van der Waals surface area (Å²) in [5.74, 6) is 4.32. The van der Waals surface area contributed by atoms with Crippen LogP contribution in [0, 0.1) is 0 Å². The number of para-hydroxylation sites is 1. The number of rotatable bonds is 2. The molecule has 9 nitrogen and oxygen atoms in total. The largest absolute Gasteiger partial charge is 0.377 e. The highest BCUT2D eigenvalue weighted by Crippen LogP contribution is 2.19. The molecule has 1 saturated heterocycles. The molecule has 0 saturated carbocycles. The maximum atomic E-state index is 9.76. The number of nitrogens with one attached hydrogen (secondary N) is 2. The van der Waals surface area contributed by atoms with Crippen LogP contribution in [-0.4, -0.2) is 44.4 Å². The molecule has 124 valence electrons. The second-order valence-corrected chi connectivity index (χ2v) is 5.80. The first kappa shape index (κ1) is 18.3. The number of amides is 1. The summed E-state index contributed by atoms with van der Waals surface area (Å²) in [4.78, 5) is 12.2. The van der Waals surface area contributed by atoms with E-state index in [-0.39, 0.29) is 0 Å². The van der Waals surface area contributed by atoms with Gasteiger partial charge in [-0.2, -0.15) is 8.42 Å². The van der Waals surface area contributed by atoms with E-state index in [0.717, 1.165) is 26.2 Å². The van der Waals surface area contributed by atoms with Crippen LogP contribution in [0.15, 0.2) is 24.3 Å². The average Bonchev–Trinajstić information content (AvgIpc) is 2.54. The van der Waals surface area contributed by atoms with Crippen LogP contribution in [0.3, 0.4) is 0 Å². The third-order valence-corrected chi connectivity index (χ3v) is 3.61. The van der Waals surface area contributed by atoms with E-state index in [1.54, 1.807) is 0 Å². The first-order valence-electron chi connectivity index (χ1n) is 6.62. The second-order valence-electron chi connectivity index (χ2n) is 4.48. The smallest absolute Gasteiger partial charge is 0.369 e. The van der Waals surface area contributed by atoms with Gasteiger partial charge in [0.25, 0.3) is 0 Å². The van der Waals surface area contributed by atoms with Gasteiger partial charge in [-0.25, -0.2) is 5.84 Å². The van der Waals surface area contributed by atoms with Crippen LogP contribution in [0.5, 0.6) is 0 Å². The number of hydrazine groups is 1. The van der Waals surface area contributed by atoms with E-state index in [9.17, 15) is 13.2 Å². The van der Waals surface area contributed by atoms with Gasteiger partial charge in [-0.3, -0.25) is 14.8 Å². The van der Waals surface area contributed by atoms with Crippen molar-refractivity contribution in [1.82, 2.24) is 10.7 Å². The highest BCUT2D eigenvalue weighted by molar-refractivity contribution is 8.01. The molecule has 1 aromatic carbocycles. The van der Waals surface area contributed by atoms with E-state index in [1.807, 2.05) is 6.07 Å². The van der Waals surface area contributed by atoms with Crippen molar-refractivity contribution in [3.63, 3.8) is 0 Å². The molecule has 1 fully saturated rings. The Labute approximate surface area is 129 Å². The van der Waals surface area contributed by atoms with E-state index in [0.29, 0.717) is 6.54 Å². The minimum absolute atomic E-state index is 0.625. The predicted octanol–water partition coefficient (Wildman–Crippen LogP) is -0.988. The van der Waals surface area contributed by atoms with Gasteiger partial charge < -0.3 is 16.0 Å². The van der Waals surface area contributed by atoms with Crippen LogP contribution in [0.2, 0.25) is 0 Å². The Hall–Kier alpha value is -1.72. The number of benzene rings is 1. The highest BCUT2D eigenvalue weighted by atomic mass is 32.2. The number of anilines is 1. The van der Waals surface area contributed by atoms with Gasteiger partial charge in [0.2, 0.25) is 0 Å². The molecule has 0 spiro atoms. The Bertz CT molecular complexity index is 587. The van der Waals surface area contributed by atoms with Crippen molar-refractivity contribution in [1.29, 1.82) is 0 Å². The van der Waals surface area contributed by atoms with Gasteiger partial charge in [0.15, 0.2) is 0 Å². The Balaban J connectivity index is 0.000000261. The molecule has 1 amide bonds. The number of hydrogen-bond acceptors (Lipinski definition) is 7. The van der Waals surface area contributed by atoms with Crippen molar-refractivity contribution >= 4 is 21.0 Å². The van der Waals surface area contributed by atoms with Crippen molar-refractivity contribution in [3.8, 4) is 0 Å². The number of hydrogen-bond donors (Lipinski definition) is 5. The summed E-state index contributed by atoms with van der Waals surface area (Å²) in [5.41, 5.74) is 9.49. The monoisotopic (exact) mass is 331 g/mol. The fourth-order valence-electron chi connectivity index (χ4n) is 1.97. The first-order chi connectivity index (χ1) is 10.4. The van der Waals surface area contributed by atoms with E-state index >= 15 is 0 Å². The highest BCUT2D eigenvalue weighted by Gasteiger charge is 2.15. The summed E-state index contributed by atoms with van der Waals surface area (Å²) in [7, 11) is -4.63. The van der Waals surface area contributed by atoms with Crippen LogP contribution < -0.4 is 27.2 Å². The van der Waals surface area contributed by atoms with Crippen molar-refractivity contribution in [2.45, 2.75) is 6.54 Å². The standard InChI is InChI=1S/C11H17N3.CH4N2O4S/c12-9-10-3-1-2-4-11(10)14-7-5-13-6-8-14;2-3-1(4)8(5,6)7/h1-4,13H,5-9,12H2;2H2,(H,3,4)(H,5,6,7). The lowest BCUT2D eigenvalue weighted by atomic mass is 10.1. The summed E-state index contributed by atoms with van der Waals surface area (Å²) < 4.78 is 27.0. The lowest BCUT2D eigenvalue weighted by Gasteiger charge is -2.30. The Morgan fingerprint density at radius 2 is 1.91 bits per heavy atom. The van der Waals surface area contributed by atoms with Crippen LogP contribution in [0.4, 0.5) is 10.5 Å². The van der Waals surface area contributed by atoms with E-state index in [1.165, 1.54) is 16.7 Å². The summed E-state index contributed by atoms with van der Waals surface area (Å²) in [6.07, 6.45) is 0. The minimum Gasteiger partial charge on any atom is -0.369 e. The molecule has 1 aliphatic heterocycles. The van der Waals surface area contributed by atoms with Crippen LogP contribution in [0.25, 0.3) is 0 Å². The topological polar surface area (TPSA) is 151 Å². The number of piperazine rings is 1. The molecule has 0 atom stereocenters. The lowest BCUT2D eigenvalue weighted by molar-refractivity contribution is 0.256. The Morgan fingerprint density at radius 3 is 2.36 bits per heavy atom. The molecule has 1 aliphatic rings. The van der Waals surface area contributed by atoms with E-state index < -0.39 is 15.4 Å². The van der Waals surface area contributed by atoms with E-state index in [4.69, 9.17) is 10.3 Å². The second kappa shape index (κ2) is 8.66. The van der Waals surface area contributed by atoms with Gasteiger partial charge in [-0.1, -0.05) is 18.2 Å². The molecular formula is C12H21N5O4S. The zero-order valence-corrected chi connectivity index (χ0v) is 12.8. The van der Waals surface area contributed by atoms with Gasteiger partial charge in [-0.15, -0.1) is 0 Å². The molecule has 2 rings (SSSR count). The van der Waals surface area contributed by atoms with Crippen LogP contribution in [0.1, 0.15) is 5.56 Å². The molecule has 10 heteroatoms. The van der Waals surface area contributed by atoms with Crippen molar-refractivity contribution in [2.24, 2.45) is 11.6 Å². The van der Waals surface area contributed by atoms with Crippen molar-refractivity contribution in [3.05, 3.63) is 29.8 Å². The fourth-order valence-corrected chi connectivity index (χ4v) is 2.12. The van der Waals surface area contributed by atoms with Crippen molar-refractivity contribution < 1.29 is 17.8 Å². The molecule has 1 aromatic rings. The molecule has 0 radical (unpaired) electrons. The van der Waals surface area contributed by atoms with Gasteiger partial charge in [0.05, 0.1) is 0 Å². The number of nitrogens with two attached hydrogens (primary N) is 2. The predicted molar refractivity (Wildman–Crippen MR) is 83.7 cm³/mol. The molecular weight excluding hydrogens is 310 g/mol.